The van der Waals surface area contributed by atoms with Crippen LogP contribution in [0, 0.1) is 5.92 Å². The van der Waals surface area contributed by atoms with Crippen molar-refractivity contribution in [3.8, 4) is 5.69 Å². The van der Waals surface area contributed by atoms with Gasteiger partial charge in [0.25, 0.3) is 5.91 Å². The molecule has 0 saturated heterocycles. The SMILES string of the molecule is CCC(C)C(=O)Nc1cccc(CNC(=O)c2cn(-c3ccccc3)nn2)c1. The molecule has 7 nitrogen and oxygen atoms in total. The molecule has 3 aromatic rings. The molecule has 0 radical (unpaired) electrons. The van der Waals surface area contributed by atoms with E-state index in [1.54, 1.807) is 10.9 Å². The number of carbonyl (C=O) groups excluding carboxylic acids is 2. The lowest BCUT2D eigenvalue weighted by atomic mass is 10.1. The van der Waals surface area contributed by atoms with Gasteiger partial charge in [0.15, 0.2) is 5.69 Å². The Bertz CT molecular complexity index is 952. The molecule has 0 fully saturated rings. The smallest absolute Gasteiger partial charge is 0.273 e. The van der Waals surface area contributed by atoms with Gasteiger partial charge >= 0.3 is 0 Å². The first kappa shape index (κ1) is 19.3. The highest BCUT2D eigenvalue weighted by Crippen LogP contribution is 2.13. The number of amides is 2. The van der Waals surface area contributed by atoms with E-state index in [1.807, 2.05) is 68.4 Å². The van der Waals surface area contributed by atoms with Crippen LogP contribution in [0.1, 0.15) is 36.3 Å². The highest BCUT2D eigenvalue weighted by molar-refractivity contribution is 5.93. The Morgan fingerprint density at radius 1 is 1.11 bits per heavy atom. The maximum absolute atomic E-state index is 12.4. The van der Waals surface area contributed by atoms with Crippen LogP contribution in [0.2, 0.25) is 0 Å². The molecule has 1 heterocycles. The largest absolute Gasteiger partial charge is 0.347 e. The summed E-state index contributed by atoms with van der Waals surface area (Å²) in [5.41, 5.74) is 2.67. The predicted molar refractivity (Wildman–Crippen MR) is 107 cm³/mol. The maximum Gasteiger partial charge on any atom is 0.273 e. The van der Waals surface area contributed by atoms with Gasteiger partial charge in [0.05, 0.1) is 11.9 Å². The predicted octanol–water partition coefficient (Wildman–Crippen LogP) is 3.18. The summed E-state index contributed by atoms with van der Waals surface area (Å²) < 4.78 is 1.56. The fraction of sp³-hybridized carbons (Fsp3) is 0.238. The molecule has 0 spiro atoms. The number of carbonyl (C=O) groups is 2. The van der Waals surface area contributed by atoms with Gasteiger partial charge in [-0.05, 0) is 36.2 Å². The lowest BCUT2D eigenvalue weighted by Gasteiger charge is -2.11. The Balaban J connectivity index is 1.60. The maximum atomic E-state index is 12.4. The number of rotatable bonds is 7. The van der Waals surface area contributed by atoms with Crippen LogP contribution in [0.3, 0.4) is 0 Å². The van der Waals surface area contributed by atoms with Crippen molar-refractivity contribution in [2.24, 2.45) is 5.92 Å². The monoisotopic (exact) mass is 377 g/mol. The molecule has 0 aliphatic rings. The molecular formula is C21H23N5O2. The lowest BCUT2D eigenvalue weighted by Crippen LogP contribution is -2.23. The Morgan fingerprint density at radius 2 is 1.89 bits per heavy atom. The van der Waals surface area contributed by atoms with Crippen molar-refractivity contribution < 1.29 is 9.59 Å². The number of hydrogen-bond donors (Lipinski definition) is 2. The molecule has 0 aliphatic heterocycles. The van der Waals surface area contributed by atoms with Gasteiger partial charge in [0.1, 0.15) is 0 Å². The number of nitrogens with one attached hydrogen (secondary N) is 2. The summed E-state index contributed by atoms with van der Waals surface area (Å²) >= 11 is 0. The van der Waals surface area contributed by atoms with Gasteiger partial charge in [0, 0.05) is 18.2 Å². The summed E-state index contributed by atoms with van der Waals surface area (Å²) in [6.07, 6.45) is 2.37. The number of para-hydroxylation sites is 1. The van der Waals surface area contributed by atoms with Crippen molar-refractivity contribution in [2.75, 3.05) is 5.32 Å². The topological polar surface area (TPSA) is 88.9 Å². The summed E-state index contributed by atoms with van der Waals surface area (Å²) in [6, 6.07) is 16.9. The second-order valence-corrected chi connectivity index (χ2v) is 6.57. The number of anilines is 1. The van der Waals surface area contributed by atoms with Gasteiger partial charge in [-0.3, -0.25) is 9.59 Å². The third kappa shape index (κ3) is 4.82. The van der Waals surface area contributed by atoms with E-state index in [0.717, 1.165) is 17.7 Å². The normalized spacial score (nSPS) is 11.6. The van der Waals surface area contributed by atoms with Crippen molar-refractivity contribution in [1.29, 1.82) is 0 Å². The van der Waals surface area contributed by atoms with E-state index in [9.17, 15) is 9.59 Å². The molecule has 1 aromatic heterocycles. The van der Waals surface area contributed by atoms with E-state index in [0.29, 0.717) is 12.2 Å². The van der Waals surface area contributed by atoms with Crippen LogP contribution in [0.15, 0.2) is 60.8 Å². The van der Waals surface area contributed by atoms with Crippen LogP contribution >= 0.6 is 0 Å². The van der Waals surface area contributed by atoms with Gasteiger partial charge in [0.2, 0.25) is 5.91 Å². The summed E-state index contributed by atoms with van der Waals surface area (Å²) in [5, 5.41) is 13.7. The molecule has 1 atom stereocenters. The zero-order chi connectivity index (χ0) is 19.9. The van der Waals surface area contributed by atoms with E-state index in [1.165, 1.54) is 0 Å². The minimum atomic E-state index is -0.309. The molecule has 0 aliphatic carbocycles. The molecule has 28 heavy (non-hydrogen) atoms. The van der Waals surface area contributed by atoms with Crippen LogP contribution in [0.4, 0.5) is 5.69 Å². The Labute approximate surface area is 163 Å². The zero-order valence-electron chi connectivity index (χ0n) is 15.9. The van der Waals surface area contributed by atoms with E-state index < -0.39 is 0 Å². The van der Waals surface area contributed by atoms with Crippen LogP contribution < -0.4 is 10.6 Å². The van der Waals surface area contributed by atoms with Gasteiger partial charge in [-0.2, -0.15) is 0 Å². The average Bonchev–Trinajstić information content (AvgIpc) is 3.22. The minimum absolute atomic E-state index is 0.0128. The molecule has 0 bridgehead atoms. The van der Waals surface area contributed by atoms with E-state index >= 15 is 0 Å². The molecule has 144 valence electrons. The lowest BCUT2D eigenvalue weighted by molar-refractivity contribution is -0.119. The molecular weight excluding hydrogens is 354 g/mol. The molecule has 2 aromatic carbocycles. The Kier molecular flexibility index (Phi) is 6.16. The molecule has 2 amide bonds. The van der Waals surface area contributed by atoms with Gasteiger partial charge in [-0.1, -0.05) is 49.4 Å². The van der Waals surface area contributed by atoms with E-state index in [2.05, 4.69) is 20.9 Å². The Morgan fingerprint density at radius 3 is 2.64 bits per heavy atom. The highest BCUT2D eigenvalue weighted by Gasteiger charge is 2.12. The standard InChI is InChI=1S/C21H23N5O2/c1-3-15(2)20(27)23-17-9-7-8-16(12-17)13-22-21(28)19-14-26(25-24-19)18-10-5-4-6-11-18/h4-12,14-15H,3,13H2,1-2H3,(H,22,28)(H,23,27). The average molecular weight is 377 g/mol. The zero-order valence-corrected chi connectivity index (χ0v) is 15.9. The van der Waals surface area contributed by atoms with Gasteiger partial charge in [-0.15, -0.1) is 5.10 Å². The van der Waals surface area contributed by atoms with Crippen molar-refractivity contribution in [3.63, 3.8) is 0 Å². The highest BCUT2D eigenvalue weighted by atomic mass is 16.2. The molecule has 7 heteroatoms. The fourth-order valence-corrected chi connectivity index (χ4v) is 2.56. The molecule has 1 unspecified atom stereocenters. The van der Waals surface area contributed by atoms with Crippen molar-refractivity contribution >= 4 is 17.5 Å². The Hall–Kier alpha value is -3.48. The second kappa shape index (κ2) is 8.94. The second-order valence-electron chi connectivity index (χ2n) is 6.57. The minimum Gasteiger partial charge on any atom is -0.347 e. The van der Waals surface area contributed by atoms with E-state index in [4.69, 9.17) is 0 Å². The van der Waals surface area contributed by atoms with E-state index in [-0.39, 0.29) is 23.4 Å². The fourth-order valence-electron chi connectivity index (χ4n) is 2.56. The first-order chi connectivity index (χ1) is 13.6. The van der Waals surface area contributed by atoms with Gasteiger partial charge in [-0.25, -0.2) is 4.68 Å². The molecule has 0 saturated carbocycles. The number of aromatic nitrogens is 3. The van der Waals surface area contributed by atoms with Crippen LogP contribution in [0.5, 0.6) is 0 Å². The van der Waals surface area contributed by atoms with Crippen LogP contribution in [-0.4, -0.2) is 26.8 Å². The molecule has 2 N–H and O–H groups in total. The number of hydrogen-bond acceptors (Lipinski definition) is 4. The third-order valence-corrected chi connectivity index (χ3v) is 4.45. The first-order valence-electron chi connectivity index (χ1n) is 9.22. The van der Waals surface area contributed by atoms with Crippen molar-refractivity contribution in [1.82, 2.24) is 20.3 Å². The third-order valence-electron chi connectivity index (χ3n) is 4.45. The van der Waals surface area contributed by atoms with Crippen molar-refractivity contribution in [3.05, 3.63) is 72.1 Å². The van der Waals surface area contributed by atoms with Crippen LogP contribution in [-0.2, 0) is 11.3 Å². The first-order valence-corrected chi connectivity index (χ1v) is 9.22. The number of nitrogens with zero attached hydrogens (tertiary/aromatic N) is 3. The summed E-state index contributed by atoms with van der Waals surface area (Å²) in [5.74, 6) is -0.368. The van der Waals surface area contributed by atoms with Crippen LogP contribution in [0.25, 0.3) is 5.69 Å². The molecule has 3 rings (SSSR count). The summed E-state index contributed by atoms with van der Waals surface area (Å²) in [6.45, 7) is 4.19. The summed E-state index contributed by atoms with van der Waals surface area (Å²) in [7, 11) is 0. The van der Waals surface area contributed by atoms with Crippen molar-refractivity contribution in [2.45, 2.75) is 26.8 Å². The number of benzene rings is 2. The van der Waals surface area contributed by atoms with Gasteiger partial charge < -0.3 is 10.6 Å². The quantitative estimate of drug-likeness (QED) is 0.662. The summed E-state index contributed by atoms with van der Waals surface area (Å²) in [4.78, 5) is 24.4.